The van der Waals surface area contributed by atoms with Gasteiger partial charge >= 0.3 is 11.9 Å². The van der Waals surface area contributed by atoms with Gasteiger partial charge in [-0.25, -0.2) is 0 Å². The first-order chi connectivity index (χ1) is 23.3. The van der Waals surface area contributed by atoms with Gasteiger partial charge in [0.25, 0.3) is 0 Å². The third-order valence-corrected chi connectivity index (χ3v) is 8.59. The highest BCUT2D eigenvalue weighted by Crippen LogP contribution is 2.22. The fourth-order valence-electron chi connectivity index (χ4n) is 5.50. The molecule has 10 nitrogen and oxygen atoms in total. The molecule has 0 aromatic heterocycles. The van der Waals surface area contributed by atoms with Crippen molar-refractivity contribution < 1.29 is 49.0 Å². The van der Waals surface area contributed by atoms with Crippen molar-refractivity contribution in [3.8, 4) is 0 Å². The zero-order valence-corrected chi connectivity index (χ0v) is 30.0. The Labute approximate surface area is 290 Å². The Kier molecular flexibility index (Phi) is 27.7. The van der Waals surface area contributed by atoms with E-state index >= 15 is 0 Å². The molecule has 0 aliphatic carbocycles. The maximum Gasteiger partial charge on any atom is 0.306 e. The normalized spacial score (nSPS) is 22.0. The Bertz CT molecular complexity index is 845. The smallest absolute Gasteiger partial charge is 0.306 e. The van der Waals surface area contributed by atoms with Gasteiger partial charge in [0, 0.05) is 12.8 Å². The molecule has 1 aliphatic rings. The maximum absolute atomic E-state index is 12.7. The molecular weight excluding hydrogens is 616 g/mol. The van der Waals surface area contributed by atoms with Gasteiger partial charge in [-0.05, 0) is 38.5 Å². The first-order valence-corrected chi connectivity index (χ1v) is 18.9. The number of ether oxygens (including phenoxy) is 4. The molecular formula is C38H68O10. The molecule has 1 fully saturated rings. The third kappa shape index (κ3) is 22.0. The Balaban J connectivity index is 2.42. The van der Waals surface area contributed by atoms with Crippen molar-refractivity contribution in [2.24, 2.45) is 0 Å². The third-order valence-electron chi connectivity index (χ3n) is 8.59. The molecule has 0 aromatic rings. The summed E-state index contributed by atoms with van der Waals surface area (Å²) < 4.78 is 22.0. The van der Waals surface area contributed by atoms with Crippen LogP contribution < -0.4 is 0 Å². The molecule has 2 unspecified atom stereocenters. The molecule has 4 N–H and O–H groups in total. The minimum absolute atomic E-state index is 0.215. The number of carbonyl (C=O) groups is 2. The van der Waals surface area contributed by atoms with E-state index in [1.54, 1.807) is 0 Å². The molecule has 0 radical (unpaired) electrons. The number of aliphatic hydroxyl groups excluding tert-OH is 4. The lowest BCUT2D eigenvalue weighted by atomic mass is 9.99. The Morgan fingerprint density at radius 2 is 1.19 bits per heavy atom. The van der Waals surface area contributed by atoms with E-state index < -0.39 is 49.4 Å². The van der Waals surface area contributed by atoms with Crippen LogP contribution in [0.1, 0.15) is 149 Å². The summed E-state index contributed by atoms with van der Waals surface area (Å²) in [6.45, 7) is 3.32. The van der Waals surface area contributed by atoms with Crippen LogP contribution in [0, 0.1) is 0 Å². The van der Waals surface area contributed by atoms with E-state index in [1.807, 2.05) is 0 Å². The topological polar surface area (TPSA) is 152 Å². The van der Waals surface area contributed by atoms with Crippen molar-refractivity contribution in [2.75, 3.05) is 19.8 Å². The monoisotopic (exact) mass is 684 g/mol. The molecule has 48 heavy (non-hydrogen) atoms. The van der Waals surface area contributed by atoms with E-state index in [0.717, 1.165) is 64.2 Å². The van der Waals surface area contributed by atoms with Crippen LogP contribution in [0.4, 0.5) is 0 Å². The summed E-state index contributed by atoms with van der Waals surface area (Å²) in [4.78, 5) is 25.1. The van der Waals surface area contributed by atoms with Crippen molar-refractivity contribution in [2.45, 2.75) is 185 Å². The van der Waals surface area contributed by atoms with E-state index in [-0.39, 0.29) is 32.0 Å². The number of unbranched alkanes of at least 4 members (excludes halogenated alkanes) is 15. The van der Waals surface area contributed by atoms with Crippen LogP contribution in [0.25, 0.3) is 0 Å². The molecule has 1 rings (SSSR count). The lowest BCUT2D eigenvalue weighted by Gasteiger charge is -2.39. The molecule has 1 saturated heterocycles. The molecule has 0 saturated carbocycles. The second-order valence-electron chi connectivity index (χ2n) is 13.0. The van der Waals surface area contributed by atoms with Crippen molar-refractivity contribution in [3.63, 3.8) is 0 Å². The van der Waals surface area contributed by atoms with Crippen molar-refractivity contribution >= 4 is 11.9 Å². The maximum atomic E-state index is 12.7. The number of esters is 2. The number of carbonyl (C=O) groups excluding carboxylic acids is 2. The van der Waals surface area contributed by atoms with Crippen LogP contribution >= 0.6 is 0 Å². The average molecular weight is 685 g/mol. The van der Waals surface area contributed by atoms with Gasteiger partial charge in [0.15, 0.2) is 12.4 Å². The summed E-state index contributed by atoms with van der Waals surface area (Å²) in [5.41, 5.74) is 0. The lowest BCUT2D eigenvalue weighted by molar-refractivity contribution is -0.305. The van der Waals surface area contributed by atoms with E-state index in [2.05, 4.69) is 38.2 Å². The fraction of sp³-hybridized carbons (Fsp3) is 0.842. The molecule has 0 bridgehead atoms. The number of hydrogen-bond acceptors (Lipinski definition) is 10. The largest absolute Gasteiger partial charge is 0.462 e. The van der Waals surface area contributed by atoms with Gasteiger partial charge in [-0.15, -0.1) is 0 Å². The molecule has 0 aromatic carbocycles. The molecule has 10 heteroatoms. The molecule has 0 amide bonds. The zero-order valence-electron chi connectivity index (χ0n) is 30.0. The van der Waals surface area contributed by atoms with Gasteiger partial charge in [0.2, 0.25) is 0 Å². The van der Waals surface area contributed by atoms with Crippen molar-refractivity contribution in [1.29, 1.82) is 0 Å². The zero-order chi connectivity index (χ0) is 35.2. The molecule has 1 heterocycles. The van der Waals surface area contributed by atoms with E-state index in [0.29, 0.717) is 6.42 Å². The second-order valence-corrected chi connectivity index (χ2v) is 13.0. The summed E-state index contributed by atoms with van der Waals surface area (Å²) in [7, 11) is 0. The Morgan fingerprint density at radius 3 is 1.79 bits per heavy atom. The van der Waals surface area contributed by atoms with E-state index in [9.17, 15) is 30.0 Å². The van der Waals surface area contributed by atoms with Crippen LogP contribution in [0.5, 0.6) is 0 Å². The Hall–Kier alpha value is -1.82. The fourth-order valence-corrected chi connectivity index (χ4v) is 5.50. The van der Waals surface area contributed by atoms with E-state index in [4.69, 9.17) is 18.9 Å². The second kappa shape index (κ2) is 30.0. The highest BCUT2D eigenvalue weighted by molar-refractivity contribution is 5.70. The van der Waals surface area contributed by atoms with Crippen molar-refractivity contribution in [1.82, 2.24) is 0 Å². The predicted octanol–water partition coefficient (Wildman–Crippen LogP) is 6.60. The van der Waals surface area contributed by atoms with E-state index in [1.165, 1.54) is 51.4 Å². The molecule has 1 aliphatic heterocycles. The number of allylic oxidation sites excluding steroid dienone is 4. The quantitative estimate of drug-likeness (QED) is 0.0370. The van der Waals surface area contributed by atoms with Gasteiger partial charge in [0.05, 0.1) is 13.2 Å². The first-order valence-electron chi connectivity index (χ1n) is 18.9. The minimum Gasteiger partial charge on any atom is -0.462 e. The first kappa shape index (κ1) is 44.2. The van der Waals surface area contributed by atoms with Gasteiger partial charge in [-0.2, -0.15) is 0 Å². The molecule has 280 valence electrons. The predicted molar refractivity (Wildman–Crippen MR) is 187 cm³/mol. The van der Waals surface area contributed by atoms with Crippen molar-refractivity contribution in [3.05, 3.63) is 24.3 Å². The SMILES string of the molecule is CCCC/C=C/C/C=C/CCCCCCCC(=O)O[C@H](COC(=O)CCCCCCCCCCC)CO[C@@H]1O[C@H](CO)[C@H](O)C(O)C1O. The molecule has 0 spiro atoms. The highest BCUT2D eigenvalue weighted by atomic mass is 16.7. The van der Waals surface area contributed by atoms with Gasteiger partial charge < -0.3 is 39.4 Å². The van der Waals surface area contributed by atoms with Gasteiger partial charge in [0.1, 0.15) is 31.0 Å². The average Bonchev–Trinajstić information content (AvgIpc) is 3.08. The van der Waals surface area contributed by atoms with Gasteiger partial charge in [-0.3, -0.25) is 9.59 Å². The summed E-state index contributed by atoms with van der Waals surface area (Å²) in [6.07, 6.45) is 21.9. The van der Waals surface area contributed by atoms with Crippen LogP contribution in [0.2, 0.25) is 0 Å². The summed E-state index contributed by atoms with van der Waals surface area (Å²) in [6, 6.07) is 0. The van der Waals surface area contributed by atoms with Crippen LogP contribution in [0.3, 0.4) is 0 Å². The van der Waals surface area contributed by atoms with Crippen LogP contribution in [-0.2, 0) is 28.5 Å². The van der Waals surface area contributed by atoms with Crippen LogP contribution in [0.15, 0.2) is 24.3 Å². The summed E-state index contributed by atoms with van der Waals surface area (Å²) in [5.74, 6) is -0.826. The number of rotatable bonds is 30. The summed E-state index contributed by atoms with van der Waals surface area (Å²) in [5, 5.41) is 39.8. The lowest BCUT2D eigenvalue weighted by Crippen LogP contribution is -2.59. The molecule has 6 atom stereocenters. The van der Waals surface area contributed by atoms with Crippen LogP contribution in [-0.4, -0.2) is 89.0 Å². The minimum atomic E-state index is -1.59. The van der Waals surface area contributed by atoms with Gasteiger partial charge in [-0.1, -0.05) is 122 Å². The number of aliphatic hydroxyl groups is 4. The summed E-state index contributed by atoms with van der Waals surface area (Å²) >= 11 is 0. The standard InChI is InChI=1S/C38H68O10/c1-3-5-7-9-11-13-14-15-16-17-19-21-23-25-27-34(41)47-31(30-46-38-37(44)36(43)35(42)32(28-39)48-38)29-45-33(40)26-24-22-20-18-12-10-8-6-4-2/h9,11,14-15,31-32,35-39,42-44H,3-8,10,12-13,16-30H2,1-2H3/b11-9+,15-14+/t31-,32-,35+,36?,37?,38-/m1/s1. The Morgan fingerprint density at radius 1 is 0.646 bits per heavy atom. The number of hydrogen-bond donors (Lipinski definition) is 4. The highest BCUT2D eigenvalue weighted by Gasteiger charge is 2.44.